The number of halogens is 2. The molecule has 1 atom stereocenters. The van der Waals surface area contributed by atoms with E-state index in [0.717, 1.165) is 12.0 Å². The maximum Gasteiger partial charge on any atom is 0.301 e. The van der Waals surface area contributed by atoms with Crippen LogP contribution >= 0.6 is 34.7 Å². The fourth-order valence-corrected chi connectivity index (χ4v) is 6.33. The standard InChI is InChI=1S/C31H27ClFN3O4S2/c1-18(2)14-15-40-24-5-3-4-21(16-24)26-25(27(37)20-8-12-23(33)13-9-20)28(38)29(39)36(26)30-34-35-31(42-30)41-17-19-6-10-22(32)11-7-19/h3-13,16,18,26,37H,14-15,17H2,1-2H3/b27-25+. The topological polar surface area (TPSA) is 92.6 Å². The maximum absolute atomic E-state index is 13.6. The Morgan fingerprint density at radius 1 is 1.10 bits per heavy atom. The van der Waals surface area contributed by atoms with Crippen LogP contribution in [-0.2, 0) is 15.3 Å². The number of carbonyl (C=O) groups excluding carboxylic acids is 2. The van der Waals surface area contributed by atoms with Crippen LogP contribution in [0.1, 0.15) is 43.0 Å². The molecule has 0 bridgehead atoms. The van der Waals surface area contributed by atoms with Crippen LogP contribution in [0.2, 0.25) is 5.02 Å². The molecule has 0 spiro atoms. The smallest absolute Gasteiger partial charge is 0.301 e. The molecule has 1 aliphatic rings. The number of anilines is 1. The van der Waals surface area contributed by atoms with Gasteiger partial charge in [-0.25, -0.2) is 4.39 Å². The molecule has 0 aliphatic carbocycles. The van der Waals surface area contributed by atoms with E-state index in [0.29, 0.717) is 39.0 Å². The van der Waals surface area contributed by atoms with Crippen LogP contribution in [0, 0.1) is 11.7 Å². The first-order valence-electron chi connectivity index (χ1n) is 13.2. The molecule has 11 heteroatoms. The van der Waals surface area contributed by atoms with E-state index in [4.69, 9.17) is 16.3 Å². The minimum atomic E-state index is -1.01. The zero-order chi connectivity index (χ0) is 29.8. The van der Waals surface area contributed by atoms with Crippen LogP contribution in [0.5, 0.6) is 5.75 Å². The summed E-state index contributed by atoms with van der Waals surface area (Å²) in [6, 6.07) is 18.6. The average Bonchev–Trinajstić information content (AvgIpc) is 3.54. The highest BCUT2D eigenvalue weighted by Gasteiger charge is 2.48. The SMILES string of the molecule is CC(C)CCOc1cccc(C2/C(=C(\O)c3ccc(F)cc3)C(=O)C(=O)N2c2nnc(SCc3ccc(Cl)cc3)s2)c1. The molecule has 42 heavy (non-hydrogen) atoms. The first kappa shape index (κ1) is 29.8. The van der Waals surface area contributed by atoms with Gasteiger partial charge in [-0.05, 0) is 72.0 Å². The summed E-state index contributed by atoms with van der Waals surface area (Å²) in [5.41, 5.74) is 1.66. The highest BCUT2D eigenvalue weighted by molar-refractivity contribution is 8.00. The molecule has 5 rings (SSSR count). The van der Waals surface area contributed by atoms with Gasteiger partial charge in [0.15, 0.2) is 4.34 Å². The van der Waals surface area contributed by atoms with E-state index in [9.17, 15) is 19.1 Å². The van der Waals surface area contributed by atoms with E-state index in [1.165, 1.54) is 52.3 Å². The van der Waals surface area contributed by atoms with Crippen molar-refractivity contribution >= 4 is 57.3 Å². The summed E-state index contributed by atoms with van der Waals surface area (Å²) in [4.78, 5) is 28.2. The third kappa shape index (κ3) is 6.67. The zero-order valence-corrected chi connectivity index (χ0v) is 25.2. The normalized spacial score (nSPS) is 16.4. The summed E-state index contributed by atoms with van der Waals surface area (Å²) in [6.07, 6.45) is 0.856. The van der Waals surface area contributed by atoms with Crippen molar-refractivity contribution in [3.8, 4) is 5.75 Å². The van der Waals surface area contributed by atoms with E-state index in [-0.39, 0.29) is 16.3 Å². The number of hydrogen-bond acceptors (Lipinski definition) is 8. The molecule has 3 aromatic carbocycles. The lowest BCUT2D eigenvalue weighted by Crippen LogP contribution is -2.29. The molecule has 1 fully saturated rings. The van der Waals surface area contributed by atoms with Gasteiger partial charge in [-0.1, -0.05) is 72.8 Å². The number of rotatable bonds is 10. The van der Waals surface area contributed by atoms with Crippen molar-refractivity contribution in [1.29, 1.82) is 0 Å². The molecule has 4 aromatic rings. The van der Waals surface area contributed by atoms with Crippen molar-refractivity contribution in [2.75, 3.05) is 11.5 Å². The molecule has 0 saturated carbocycles. The number of amides is 1. The maximum atomic E-state index is 13.6. The van der Waals surface area contributed by atoms with Crippen LogP contribution < -0.4 is 9.64 Å². The van der Waals surface area contributed by atoms with Crippen LogP contribution in [-0.4, -0.2) is 33.6 Å². The Bertz CT molecular complexity index is 1620. The van der Waals surface area contributed by atoms with Gasteiger partial charge in [0.2, 0.25) is 5.13 Å². The molecule has 1 amide bonds. The Morgan fingerprint density at radius 3 is 2.55 bits per heavy atom. The van der Waals surface area contributed by atoms with Crippen molar-refractivity contribution in [2.45, 2.75) is 36.4 Å². The van der Waals surface area contributed by atoms with E-state index in [1.54, 1.807) is 24.3 Å². The second kappa shape index (κ2) is 13.1. The number of ether oxygens (including phenoxy) is 1. The molecular weight excluding hydrogens is 597 g/mol. The van der Waals surface area contributed by atoms with Gasteiger partial charge in [0, 0.05) is 16.3 Å². The van der Waals surface area contributed by atoms with Gasteiger partial charge in [0.05, 0.1) is 18.2 Å². The summed E-state index contributed by atoms with van der Waals surface area (Å²) < 4.78 is 20.2. The lowest BCUT2D eigenvalue weighted by atomic mass is 9.95. The Kier molecular flexibility index (Phi) is 9.25. The van der Waals surface area contributed by atoms with E-state index in [2.05, 4.69) is 24.0 Å². The molecule has 1 N–H and O–H groups in total. The van der Waals surface area contributed by atoms with Gasteiger partial charge >= 0.3 is 5.91 Å². The Labute approximate surface area is 256 Å². The highest BCUT2D eigenvalue weighted by Crippen LogP contribution is 2.44. The Balaban J connectivity index is 1.52. The number of carbonyl (C=O) groups is 2. The van der Waals surface area contributed by atoms with Crippen LogP contribution in [0.25, 0.3) is 5.76 Å². The molecule has 216 valence electrons. The van der Waals surface area contributed by atoms with Crippen molar-refractivity contribution in [3.05, 3.63) is 106 Å². The molecule has 2 heterocycles. The van der Waals surface area contributed by atoms with E-state index < -0.39 is 29.3 Å². The summed E-state index contributed by atoms with van der Waals surface area (Å²) in [5.74, 6) is -0.995. The molecule has 1 unspecified atom stereocenters. The number of aliphatic hydroxyl groups excluding tert-OH is 1. The number of Topliss-reactive ketones (excluding diaryl/α,β-unsaturated/α-hetero) is 1. The van der Waals surface area contributed by atoms with Crippen molar-refractivity contribution in [3.63, 3.8) is 0 Å². The van der Waals surface area contributed by atoms with Crippen LogP contribution in [0.4, 0.5) is 9.52 Å². The largest absolute Gasteiger partial charge is 0.507 e. The lowest BCUT2D eigenvalue weighted by molar-refractivity contribution is -0.132. The molecule has 0 radical (unpaired) electrons. The van der Waals surface area contributed by atoms with Crippen molar-refractivity contribution in [2.24, 2.45) is 5.92 Å². The Morgan fingerprint density at radius 2 is 1.83 bits per heavy atom. The number of ketones is 1. The monoisotopic (exact) mass is 623 g/mol. The van der Waals surface area contributed by atoms with Gasteiger partial charge < -0.3 is 9.84 Å². The number of nitrogens with zero attached hydrogens (tertiary/aromatic N) is 3. The van der Waals surface area contributed by atoms with E-state index in [1.807, 2.05) is 24.3 Å². The van der Waals surface area contributed by atoms with Gasteiger partial charge in [-0.15, -0.1) is 10.2 Å². The lowest BCUT2D eigenvalue weighted by Gasteiger charge is -2.23. The minimum Gasteiger partial charge on any atom is -0.507 e. The average molecular weight is 624 g/mol. The fraction of sp³-hybridized carbons (Fsp3) is 0.226. The van der Waals surface area contributed by atoms with Gasteiger partial charge in [-0.2, -0.15) is 0 Å². The predicted octanol–water partition coefficient (Wildman–Crippen LogP) is 7.67. The van der Waals surface area contributed by atoms with Crippen molar-refractivity contribution in [1.82, 2.24) is 10.2 Å². The molecule has 1 aromatic heterocycles. The second-order valence-corrected chi connectivity index (χ2v) is 12.7. The number of thioether (sulfide) groups is 1. The quantitative estimate of drug-likeness (QED) is 0.0637. The highest BCUT2D eigenvalue weighted by atomic mass is 35.5. The van der Waals surface area contributed by atoms with Gasteiger partial charge in [0.25, 0.3) is 5.78 Å². The van der Waals surface area contributed by atoms with Crippen LogP contribution in [0.15, 0.2) is 82.7 Å². The van der Waals surface area contributed by atoms with Gasteiger partial charge in [-0.3, -0.25) is 14.5 Å². The molecule has 1 saturated heterocycles. The number of aromatic nitrogens is 2. The minimum absolute atomic E-state index is 0.128. The van der Waals surface area contributed by atoms with Crippen LogP contribution in [0.3, 0.4) is 0 Å². The zero-order valence-electron chi connectivity index (χ0n) is 22.8. The number of hydrogen-bond donors (Lipinski definition) is 1. The number of aliphatic hydroxyl groups is 1. The van der Waals surface area contributed by atoms with E-state index >= 15 is 0 Å². The first-order chi connectivity index (χ1) is 20.2. The third-order valence-corrected chi connectivity index (χ3v) is 8.96. The first-order valence-corrected chi connectivity index (χ1v) is 15.4. The summed E-state index contributed by atoms with van der Waals surface area (Å²) in [5, 5.41) is 20.6. The van der Waals surface area contributed by atoms with Gasteiger partial charge in [0.1, 0.15) is 17.3 Å². The second-order valence-electron chi connectivity index (χ2n) is 10.0. The summed E-state index contributed by atoms with van der Waals surface area (Å²) >= 11 is 8.59. The molecule has 7 nitrogen and oxygen atoms in total. The summed E-state index contributed by atoms with van der Waals surface area (Å²) in [7, 11) is 0. The molecule has 1 aliphatic heterocycles. The summed E-state index contributed by atoms with van der Waals surface area (Å²) in [6.45, 7) is 4.71. The van der Waals surface area contributed by atoms with Crippen molar-refractivity contribution < 1.29 is 23.8 Å². The fourth-order valence-electron chi connectivity index (χ4n) is 4.38. The Hall–Kier alpha value is -3.73. The number of benzene rings is 3. The molecular formula is C31H27ClFN3O4S2. The predicted molar refractivity (Wildman–Crippen MR) is 163 cm³/mol. The third-order valence-electron chi connectivity index (χ3n) is 6.58.